The highest BCUT2D eigenvalue weighted by atomic mass is 35.5. The van der Waals surface area contributed by atoms with Gasteiger partial charge in [-0.05, 0) is 12.8 Å². The first-order valence-corrected chi connectivity index (χ1v) is 6.07. The van der Waals surface area contributed by atoms with Crippen molar-refractivity contribution < 1.29 is 0 Å². The van der Waals surface area contributed by atoms with E-state index in [-0.39, 0.29) is 12.4 Å². The molecule has 5 heteroatoms. The Balaban J connectivity index is 0.00000112. The average Bonchev–Trinajstić information content (AvgIpc) is 2.76. The van der Waals surface area contributed by atoms with Gasteiger partial charge < -0.3 is 5.73 Å². The Hall–Kier alpha value is -0.160. The minimum atomic E-state index is 0. The molecular weight excluding hydrogens is 230 g/mol. The third kappa shape index (κ3) is 3.41. The number of rotatable bonds is 3. The summed E-state index contributed by atoms with van der Waals surface area (Å²) in [6.45, 7) is 5.28. The van der Waals surface area contributed by atoms with Crippen molar-refractivity contribution in [2.45, 2.75) is 32.4 Å². The maximum atomic E-state index is 5.85. The van der Waals surface area contributed by atoms with Crippen molar-refractivity contribution in [2.75, 3.05) is 13.1 Å². The van der Waals surface area contributed by atoms with Crippen molar-refractivity contribution >= 4 is 23.7 Å². The van der Waals surface area contributed by atoms with Gasteiger partial charge in [-0.1, -0.05) is 6.92 Å². The highest BCUT2D eigenvalue weighted by Crippen LogP contribution is 2.15. The molecule has 2 rings (SSSR count). The molecule has 1 aromatic rings. The molecule has 0 aromatic carbocycles. The van der Waals surface area contributed by atoms with E-state index in [2.05, 4.69) is 22.2 Å². The van der Waals surface area contributed by atoms with Crippen LogP contribution in [-0.4, -0.2) is 29.0 Å². The van der Waals surface area contributed by atoms with E-state index < -0.39 is 0 Å². The van der Waals surface area contributed by atoms with Crippen LogP contribution in [0.25, 0.3) is 0 Å². The Morgan fingerprint density at radius 3 is 3.00 bits per heavy atom. The molecular formula is C10H18ClN3S. The lowest BCUT2D eigenvalue weighted by atomic mass is 10.3. The maximum absolute atomic E-state index is 5.85. The number of thiazole rings is 1. The fourth-order valence-electron chi connectivity index (χ4n) is 1.82. The Labute approximate surface area is 101 Å². The summed E-state index contributed by atoms with van der Waals surface area (Å²) in [5.74, 6) is 0. The molecule has 15 heavy (non-hydrogen) atoms. The van der Waals surface area contributed by atoms with E-state index in [4.69, 9.17) is 5.73 Å². The first-order valence-electron chi connectivity index (χ1n) is 5.19. The second-order valence-electron chi connectivity index (χ2n) is 3.87. The van der Waals surface area contributed by atoms with Gasteiger partial charge in [0.1, 0.15) is 0 Å². The van der Waals surface area contributed by atoms with Crippen molar-refractivity contribution in [1.82, 2.24) is 9.88 Å². The molecule has 2 N–H and O–H groups in total. The van der Waals surface area contributed by atoms with Gasteiger partial charge in [-0.3, -0.25) is 4.90 Å². The number of aryl methyl sites for hydroxylation is 1. The molecule has 0 amide bonds. The van der Waals surface area contributed by atoms with Crippen LogP contribution in [0.15, 0.2) is 5.38 Å². The van der Waals surface area contributed by atoms with Crippen molar-refractivity contribution in [3.05, 3.63) is 16.1 Å². The summed E-state index contributed by atoms with van der Waals surface area (Å²) in [5.41, 5.74) is 7.06. The summed E-state index contributed by atoms with van der Waals surface area (Å²) in [7, 11) is 0. The molecule has 1 saturated heterocycles. The van der Waals surface area contributed by atoms with Gasteiger partial charge in [0.25, 0.3) is 0 Å². The number of nitrogens with zero attached hydrogens (tertiary/aromatic N) is 2. The maximum Gasteiger partial charge on any atom is 0.0926 e. The molecule has 3 nitrogen and oxygen atoms in total. The van der Waals surface area contributed by atoms with Gasteiger partial charge in [0.05, 0.1) is 10.7 Å². The van der Waals surface area contributed by atoms with E-state index in [1.165, 1.54) is 10.7 Å². The zero-order valence-corrected chi connectivity index (χ0v) is 10.6. The van der Waals surface area contributed by atoms with Gasteiger partial charge in [0.2, 0.25) is 0 Å². The number of likely N-dealkylation sites (tertiary alicyclic amines) is 1. The number of aromatic nitrogens is 1. The number of hydrogen-bond acceptors (Lipinski definition) is 4. The minimum Gasteiger partial charge on any atom is -0.326 e. The number of nitrogens with two attached hydrogens (primary N) is 1. The fraction of sp³-hybridized carbons (Fsp3) is 0.700. The molecule has 1 fully saturated rings. The highest BCUT2D eigenvalue weighted by molar-refractivity contribution is 7.09. The smallest absolute Gasteiger partial charge is 0.0926 e. The molecule has 1 aliphatic heterocycles. The molecule has 0 spiro atoms. The second kappa shape index (κ2) is 5.80. The first-order chi connectivity index (χ1) is 6.78. The van der Waals surface area contributed by atoms with Crippen LogP contribution in [-0.2, 0) is 13.0 Å². The molecule has 0 saturated carbocycles. The Morgan fingerprint density at radius 1 is 1.67 bits per heavy atom. The quantitative estimate of drug-likeness (QED) is 0.884. The van der Waals surface area contributed by atoms with Crippen LogP contribution < -0.4 is 5.73 Å². The molecule has 86 valence electrons. The molecule has 0 aliphatic carbocycles. The van der Waals surface area contributed by atoms with Gasteiger partial charge >= 0.3 is 0 Å². The second-order valence-corrected chi connectivity index (χ2v) is 4.81. The standard InChI is InChI=1S/C10H17N3S.ClH/c1-2-10-12-9(7-14-10)6-13-4-3-8(11)5-13;/h7-8H,2-6,11H2,1H3;1H. The van der Waals surface area contributed by atoms with Gasteiger partial charge in [-0.2, -0.15) is 0 Å². The minimum absolute atomic E-state index is 0. The molecule has 0 bridgehead atoms. The predicted octanol–water partition coefficient (Wildman–Crippen LogP) is 1.66. The topological polar surface area (TPSA) is 42.2 Å². The Bertz CT molecular complexity index is 303. The summed E-state index contributed by atoms with van der Waals surface area (Å²) < 4.78 is 0. The van der Waals surface area contributed by atoms with E-state index in [0.717, 1.165) is 32.5 Å². The van der Waals surface area contributed by atoms with Crippen molar-refractivity contribution in [3.8, 4) is 0 Å². The Morgan fingerprint density at radius 2 is 2.47 bits per heavy atom. The Kier molecular flexibility index (Phi) is 4.99. The molecule has 0 radical (unpaired) electrons. The van der Waals surface area contributed by atoms with Crippen LogP contribution in [0, 0.1) is 0 Å². The van der Waals surface area contributed by atoms with Crippen LogP contribution in [0.1, 0.15) is 24.0 Å². The van der Waals surface area contributed by atoms with Crippen molar-refractivity contribution in [3.63, 3.8) is 0 Å². The van der Waals surface area contributed by atoms with Gasteiger partial charge in [-0.25, -0.2) is 4.98 Å². The van der Waals surface area contributed by atoms with E-state index >= 15 is 0 Å². The third-order valence-electron chi connectivity index (χ3n) is 2.60. The van der Waals surface area contributed by atoms with E-state index in [0.29, 0.717) is 6.04 Å². The van der Waals surface area contributed by atoms with E-state index in [1.807, 2.05) is 0 Å². The van der Waals surface area contributed by atoms with Crippen molar-refractivity contribution in [1.29, 1.82) is 0 Å². The largest absolute Gasteiger partial charge is 0.326 e. The summed E-state index contributed by atoms with van der Waals surface area (Å²) in [6, 6.07) is 0.374. The normalized spacial score (nSPS) is 21.6. The lowest BCUT2D eigenvalue weighted by molar-refractivity contribution is 0.323. The van der Waals surface area contributed by atoms with E-state index in [1.54, 1.807) is 11.3 Å². The number of halogens is 1. The van der Waals surface area contributed by atoms with E-state index in [9.17, 15) is 0 Å². The molecule has 1 aliphatic rings. The average molecular weight is 248 g/mol. The number of hydrogen-bond donors (Lipinski definition) is 1. The molecule has 2 heterocycles. The van der Waals surface area contributed by atoms with Gasteiger partial charge in [0.15, 0.2) is 0 Å². The fourth-order valence-corrected chi connectivity index (χ4v) is 2.56. The zero-order chi connectivity index (χ0) is 9.97. The highest BCUT2D eigenvalue weighted by Gasteiger charge is 2.19. The monoisotopic (exact) mass is 247 g/mol. The van der Waals surface area contributed by atoms with Crippen LogP contribution in [0.4, 0.5) is 0 Å². The molecule has 1 unspecified atom stereocenters. The summed E-state index contributed by atoms with van der Waals surface area (Å²) in [6.07, 6.45) is 2.18. The lowest BCUT2D eigenvalue weighted by Crippen LogP contribution is -2.26. The molecule has 1 atom stereocenters. The van der Waals surface area contributed by atoms with Crippen LogP contribution >= 0.6 is 23.7 Å². The van der Waals surface area contributed by atoms with Crippen LogP contribution in [0.2, 0.25) is 0 Å². The van der Waals surface area contributed by atoms with Crippen LogP contribution in [0.3, 0.4) is 0 Å². The molecule has 1 aromatic heterocycles. The summed E-state index contributed by atoms with van der Waals surface area (Å²) in [5, 5.41) is 3.41. The zero-order valence-electron chi connectivity index (χ0n) is 8.98. The SMILES string of the molecule is CCc1nc(CN2CCC(N)C2)cs1.Cl. The van der Waals surface area contributed by atoms with Crippen LogP contribution in [0.5, 0.6) is 0 Å². The van der Waals surface area contributed by atoms with Crippen molar-refractivity contribution in [2.24, 2.45) is 5.73 Å². The summed E-state index contributed by atoms with van der Waals surface area (Å²) >= 11 is 1.76. The summed E-state index contributed by atoms with van der Waals surface area (Å²) in [4.78, 5) is 6.94. The lowest BCUT2D eigenvalue weighted by Gasteiger charge is -2.12. The van der Waals surface area contributed by atoms with Gasteiger partial charge in [0, 0.05) is 31.1 Å². The first kappa shape index (κ1) is 12.9. The predicted molar refractivity (Wildman–Crippen MR) is 66.6 cm³/mol. The third-order valence-corrected chi connectivity index (χ3v) is 3.64. The van der Waals surface area contributed by atoms with Gasteiger partial charge in [-0.15, -0.1) is 23.7 Å².